The third-order valence-electron chi connectivity index (χ3n) is 4.64. The highest BCUT2D eigenvalue weighted by atomic mass is 19.4. The molecule has 0 saturated carbocycles. The summed E-state index contributed by atoms with van der Waals surface area (Å²) in [6.07, 6.45) is -4.36. The number of nitrogens with one attached hydrogen (secondary N) is 1. The van der Waals surface area contributed by atoms with Crippen LogP contribution in [0.5, 0.6) is 0 Å². The van der Waals surface area contributed by atoms with Gasteiger partial charge in [0.2, 0.25) is 0 Å². The molecule has 26 heavy (non-hydrogen) atoms. The normalized spacial score (nSPS) is 15.4. The summed E-state index contributed by atoms with van der Waals surface area (Å²) >= 11 is 0. The molecule has 0 atom stereocenters. The predicted molar refractivity (Wildman–Crippen MR) is 97.3 cm³/mol. The summed E-state index contributed by atoms with van der Waals surface area (Å²) in [6, 6.07) is 15.0. The van der Waals surface area contributed by atoms with Crippen molar-refractivity contribution in [2.24, 2.45) is 0 Å². The molecule has 0 bridgehead atoms. The van der Waals surface area contributed by atoms with Crippen LogP contribution in [0, 0.1) is 0 Å². The number of para-hydroxylation sites is 1. The van der Waals surface area contributed by atoms with Gasteiger partial charge in [0.05, 0.1) is 11.1 Å². The zero-order chi connectivity index (χ0) is 18.1. The highest BCUT2D eigenvalue weighted by Gasteiger charge is 2.30. The zero-order valence-corrected chi connectivity index (χ0v) is 14.1. The van der Waals surface area contributed by atoms with Crippen molar-refractivity contribution in [2.75, 3.05) is 31.1 Å². The molecule has 1 saturated heterocycles. The number of nitrogens with zero attached hydrogens (tertiary/aromatic N) is 2. The monoisotopic (exact) mass is 357 g/mol. The van der Waals surface area contributed by atoms with E-state index in [0.29, 0.717) is 5.56 Å². The van der Waals surface area contributed by atoms with Gasteiger partial charge in [-0.3, -0.25) is 0 Å². The van der Waals surface area contributed by atoms with Crippen LogP contribution in [0.1, 0.15) is 5.56 Å². The second-order valence-electron chi connectivity index (χ2n) is 6.36. The first-order valence-electron chi connectivity index (χ1n) is 8.55. The molecule has 2 aromatic carbocycles. The zero-order valence-electron chi connectivity index (χ0n) is 14.1. The number of pyridine rings is 1. The van der Waals surface area contributed by atoms with Gasteiger partial charge in [-0.2, -0.15) is 13.2 Å². The number of hydrogen-bond donors (Lipinski definition) is 1. The van der Waals surface area contributed by atoms with E-state index < -0.39 is 11.7 Å². The van der Waals surface area contributed by atoms with Crippen LogP contribution in [0.3, 0.4) is 0 Å². The van der Waals surface area contributed by atoms with Crippen LogP contribution in [0.15, 0.2) is 54.6 Å². The summed E-state index contributed by atoms with van der Waals surface area (Å²) < 4.78 is 39.4. The van der Waals surface area contributed by atoms with Gasteiger partial charge in [0.15, 0.2) is 0 Å². The average molecular weight is 357 g/mol. The van der Waals surface area contributed by atoms with Gasteiger partial charge in [0, 0.05) is 31.6 Å². The topological polar surface area (TPSA) is 28.2 Å². The van der Waals surface area contributed by atoms with Gasteiger partial charge in [-0.25, -0.2) is 4.98 Å². The maximum Gasteiger partial charge on any atom is 0.416 e. The van der Waals surface area contributed by atoms with Crippen LogP contribution in [-0.2, 0) is 6.18 Å². The fourth-order valence-corrected chi connectivity index (χ4v) is 3.32. The Morgan fingerprint density at radius 3 is 2.46 bits per heavy atom. The first-order chi connectivity index (χ1) is 12.5. The predicted octanol–water partition coefficient (Wildman–Crippen LogP) is 4.33. The number of benzene rings is 2. The van der Waals surface area contributed by atoms with Gasteiger partial charge >= 0.3 is 6.18 Å². The van der Waals surface area contributed by atoms with Crippen LogP contribution in [0.4, 0.5) is 19.0 Å². The molecule has 4 rings (SSSR count). The van der Waals surface area contributed by atoms with Crippen LogP contribution in [0.25, 0.3) is 22.0 Å². The number of halogens is 3. The summed E-state index contributed by atoms with van der Waals surface area (Å²) in [5.74, 6) is 0.803. The van der Waals surface area contributed by atoms with Crippen molar-refractivity contribution in [3.8, 4) is 11.1 Å². The van der Waals surface area contributed by atoms with Gasteiger partial charge in [-0.15, -0.1) is 0 Å². The minimum absolute atomic E-state index is 0.551. The number of hydrogen-bond acceptors (Lipinski definition) is 3. The summed E-state index contributed by atoms with van der Waals surface area (Å²) in [7, 11) is 0. The SMILES string of the molecule is FC(F)(F)c1cccc(-c2cc(N3CCNCC3)nc3ccccc23)c1. The molecule has 134 valence electrons. The molecule has 0 radical (unpaired) electrons. The molecule has 0 amide bonds. The highest BCUT2D eigenvalue weighted by molar-refractivity contribution is 5.96. The molecule has 6 heteroatoms. The van der Waals surface area contributed by atoms with E-state index >= 15 is 0 Å². The van der Waals surface area contributed by atoms with Crippen molar-refractivity contribution >= 4 is 16.7 Å². The van der Waals surface area contributed by atoms with Crippen molar-refractivity contribution in [2.45, 2.75) is 6.18 Å². The largest absolute Gasteiger partial charge is 0.416 e. The Bertz CT molecular complexity index is 931. The Labute approximate surface area is 149 Å². The van der Waals surface area contributed by atoms with Crippen LogP contribution < -0.4 is 10.2 Å². The lowest BCUT2D eigenvalue weighted by atomic mass is 9.99. The number of aromatic nitrogens is 1. The van der Waals surface area contributed by atoms with Crippen molar-refractivity contribution < 1.29 is 13.2 Å². The van der Waals surface area contributed by atoms with Gasteiger partial charge in [0.1, 0.15) is 5.82 Å². The second-order valence-corrected chi connectivity index (χ2v) is 6.36. The van der Waals surface area contributed by atoms with Crippen LogP contribution >= 0.6 is 0 Å². The van der Waals surface area contributed by atoms with Gasteiger partial charge in [-0.1, -0.05) is 30.3 Å². The smallest absolute Gasteiger partial charge is 0.354 e. The molecule has 1 fully saturated rings. The maximum absolute atomic E-state index is 13.1. The Morgan fingerprint density at radius 1 is 0.923 bits per heavy atom. The number of fused-ring (bicyclic) bond motifs is 1. The molecule has 2 heterocycles. The lowest BCUT2D eigenvalue weighted by Crippen LogP contribution is -2.43. The summed E-state index contributed by atoms with van der Waals surface area (Å²) in [4.78, 5) is 6.90. The Balaban J connectivity index is 1.88. The van der Waals surface area contributed by atoms with E-state index in [1.54, 1.807) is 6.07 Å². The van der Waals surface area contributed by atoms with E-state index in [1.807, 2.05) is 30.3 Å². The first-order valence-corrected chi connectivity index (χ1v) is 8.55. The van der Waals surface area contributed by atoms with Gasteiger partial charge in [0.25, 0.3) is 0 Å². The lowest BCUT2D eigenvalue weighted by molar-refractivity contribution is -0.137. The van der Waals surface area contributed by atoms with Gasteiger partial charge < -0.3 is 10.2 Å². The van der Waals surface area contributed by atoms with E-state index in [2.05, 4.69) is 10.2 Å². The lowest BCUT2D eigenvalue weighted by Gasteiger charge is -2.29. The minimum atomic E-state index is -4.36. The standard InChI is InChI=1S/C20H18F3N3/c21-20(22,23)15-5-3-4-14(12-15)17-13-19(26-10-8-24-9-11-26)25-18-7-2-1-6-16(17)18/h1-7,12-13,24H,8-11H2. The Hall–Kier alpha value is -2.60. The van der Waals surface area contributed by atoms with Crippen molar-refractivity contribution in [1.82, 2.24) is 10.3 Å². The first kappa shape index (κ1) is 16.8. The summed E-state index contributed by atoms with van der Waals surface area (Å²) in [5.41, 5.74) is 1.47. The molecule has 3 aromatic rings. The summed E-state index contributed by atoms with van der Waals surface area (Å²) in [6.45, 7) is 3.39. The van der Waals surface area contributed by atoms with Crippen molar-refractivity contribution in [1.29, 1.82) is 0 Å². The van der Waals surface area contributed by atoms with E-state index in [-0.39, 0.29) is 0 Å². The molecule has 0 spiro atoms. The van der Waals surface area contributed by atoms with Crippen LogP contribution in [0.2, 0.25) is 0 Å². The van der Waals surface area contributed by atoms with E-state index in [1.165, 1.54) is 12.1 Å². The third kappa shape index (κ3) is 3.24. The third-order valence-corrected chi connectivity index (χ3v) is 4.64. The highest BCUT2D eigenvalue weighted by Crippen LogP contribution is 2.35. The number of rotatable bonds is 2. The molecule has 1 aliphatic rings. The average Bonchev–Trinajstić information content (AvgIpc) is 2.67. The fourth-order valence-electron chi connectivity index (χ4n) is 3.32. The van der Waals surface area contributed by atoms with E-state index in [0.717, 1.165) is 54.5 Å². The minimum Gasteiger partial charge on any atom is -0.354 e. The van der Waals surface area contributed by atoms with Crippen molar-refractivity contribution in [3.05, 3.63) is 60.2 Å². The number of alkyl halides is 3. The van der Waals surface area contributed by atoms with Crippen LogP contribution in [-0.4, -0.2) is 31.2 Å². The van der Waals surface area contributed by atoms with E-state index in [4.69, 9.17) is 4.98 Å². The van der Waals surface area contributed by atoms with Crippen molar-refractivity contribution in [3.63, 3.8) is 0 Å². The fraction of sp³-hybridized carbons (Fsp3) is 0.250. The molecule has 0 unspecified atom stereocenters. The number of anilines is 1. The molecule has 1 aromatic heterocycles. The molecular weight excluding hydrogens is 339 g/mol. The Kier molecular flexibility index (Phi) is 4.28. The second kappa shape index (κ2) is 6.61. The Morgan fingerprint density at radius 2 is 1.69 bits per heavy atom. The molecule has 3 nitrogen and oxygen atoms in total. The van der Waals surface area contributed by atoms with Gasteiger partial charge in [-0.05, 0) is 35.4 Å². The quantitative estimate of drug-likeness (QED) is 0.740. The number of piperazine rings is 1. The molecular formula is C20H18F3N3. The summed E-state index contributed by atoms with van der Waals surface area (Å²) in [5, 5.41) is 4.15. The molecule has 1 aliphatic heterocycles. The van der Waals surface area contributed by atoms with E-state index in [9.17, 15) is 13.2 Å². The molecule has 0 aliphatic carbocycles. The molecule has 1 N–H and O–H groups in total. The maximum atomic E-state index is 13.1.